The SMILES string of the molecule is C=C[C@@H](c1ccc(C)cc1)C(F)(S(=O)(=O)c1ccccc1)S(=O)(=O)c1ccccc1. The first-order valence-corrected chi connectivity index (χ1v) is 12.1. The van der Waals surface area contributed by atoms with E-state index < -0.39 is 39.7 Å². The molecule has 3 aromatic carbocycles. The number of sulfone groups is 2. The Morgan fingerprint density at radius 2 is 1.17 bits per heavy atom. The average molecular weight is 445 g/mol. The molecule has 0 amide bonds. The number of allylic oxidation sites excluding steroid dienone is 1. The number of hydrogen-bond donors (Lipinski definition) is 0. The van der Waals surface area contributed by atoms with Crippen molar-refractivity contribution in [1.29, 1.82) is 0 Å². The molecule has 7 heteroatoms. The molecule has 3 aromatic rings. The van der Waals surface area contributed by atoms with Crippen LogP contribution >= 0.6 is 0 Å². The van der Waals surface area contributed by atoms with Crippen molar-refractivity contribution in [3.8, 4) is 0 Å². The molecule has 0 fully saturated rings. The van der Waals surface area contributed by atoms with E-state index in [9.17, 15) is 16.8 Å². The maximum absolute atomic E-state index is 16.9. The minimum absolute atomic E-state index is 0.192. The molecule has 0 aliphatic heterocycles. The molecule has 0 N–H and O–H groups in total. The third-order valence-corrected chi connectivity index (χ3v) is 9.96. The monoisotopic (exact) mass is 444 g/mol. The van der Waals surface area contributed by atoms with Crippen LogP contribution in [0.4, 0.5) is 4.39 Å². The summed E-state index contributed by atoms with van der Waals surface area (Å²) in [7, 11) is -10.0. The summed E-state index contributed by atoms with van der Waals surface area (Å²) < 4.78 is 67.3. The Morgan fingerprint density at radius 3 is 1.53 bits per heavy atom. The maximum atomic E-state index is 16.9. The smallest absolute Gasteiger partial charge is 0.219 e. The fraction of sp³-hybridized carbons (Fsp3) is 0.130. The van der Waals surface area contributed by atoms with Gasteiger partial charge in [-0.2, -0.15) is 0 Å². The Bertz CT molecular complexity index is 1170. The van der Waals surface area contributed by atoms with Gasteiger partial charge in [0.05, 0.1) is 15.7 Å². The van der Waals surface area contributed by atoms with Gasteiger partial charge in [0.25, 0.3) is 0 Å². The lowest BCUT2D eigenvalue weighted by Crippen LogP contribution is -2.47. The average Bonchev–Trinajstić information content (AvgIpc) is 2.76. The van der Waals surface area contributed by atoms with E-state index in [0.29, 0.717) is 0 Å². The van der Waals surface area contributed by atoms with Gasteiger partial charge in [-0.05, 0) is 36.8 Å². The normalized spacial score (nSPS) is 13.5. The highest BCUT2D eigenvalue weighted by molar-refractivity contribution is 8.10. The molecule has 3 rings (SSSR count). The first-order valence-electron chi connectivity index (χ1n) is 9.13. The van der Waals surface area contributed by atoms with E-state index >= 15 is 4.39 Å². The number of halogens is 1. The lowest BCUT2D eigenvalue weighted by Gasteiger charge is -2.31. The summed E-state index contributed by atoms with van der Waals surface area (Å²) in [6, 6.07) is 19.9. The van der Waals surface area contributed by atoms with E-state index in [1.165, 1.54) is 60.7 Å². The van der Waals surface area contributed by atoms with Crippen LogP contribution in [0.25, 0.3) is 0 Å². The van der Waals surface area contributed by atoms with Gasteiger partial charge < -0.3 is 0 Å². The molecule has 4 nitrogen and oxygen atoms in total. The van der Waals surface area contributed by atoms with Crippen LogP contribution in [0, 0.1) is 6.92 Å². The highest BCUT2D eigenvalue weighted by Gasteiger charge is 2.62. The molecule has 156 valence electrons. The van der Waals surface area contributed by atoms with E-state index in [2.05, 4.69) is 6.58 Å². The van der Waals surface area contributed by atoms with Crippen molar-refractivity contribution in [2.45, 2.75) is 27.0 Å². The van der Waals surface area contributed by atoms with Gasteiger partial charge in [0.15, 0.2) is 0 Å². The fourth-order valence-corrected chi connectivity index (χ4v) is 7.79. The Morgan fingerprint density at radius 1 is 0.767 bits per heavy atom. The van der Waals surface area contributed by atoms with Crippen molar-refractivity contribution in [2.24, 2.45) is 0 Å². The number of aryl methyl sites for hydroxylation is 1. The minimum atomic E-state index is -5.00. The number of benzene rings is 3. The molecule has 0 aliphatic carbocycles. The summed E-state index contributed by atoms with van der Waals surface area (Å²) in [5, 5.41) is 0. The molecule has 0 aromatic heterocycles. The second kappa shape index (κ2) is 8.16. The summed E-state index contributed by atoms with van der Waals surface area (Å²) >= 11 is 0. The predicted molar refractivity (Wildman–Crippen MR) is 115 cm³/mol. The lowest BCUT2D eigenvalue weighted by atomic mass is 9.99. The third kappa shape index (κ3) is 3.48. The zero-order chi connectivity index (χ0) is 22.0. The van der Waals surface area contributed by atoms with Gasteiger partial charge in [-0.3, -0.25) is 0 Å². The van der Waals surface area contributed by atoms with Crippen molar-refractivity contribution < 1.29 is 21.2 Å². The van der Waals surface area contributed by atoms with Gasteiger partial charge >= 0.3 is 4.33 Å². The van der Waals surface area contributed by atoms with Gasteiger partial charge in [-0.25, -0.2) is 21.2 Å². The molecule has 0 aliphatic rings. The van der Waals surface area contributed by atoms with Crippen molar-refractivity contribution in [1.82, 2.24) is 0 Å². The largest absolute Gasteiger partial charge is 0.327 e. The second-order valence-corrected chi connectivity index (χ2v) is 11.2. The van der Waals surface area contributed by atoms with Crippen molar-refractivity contribution in [3.05, 3.63) is 109 Å². The predicted octanol–water partition coefficient (Wildman–Crippen LogP) is 4.84. The molecule has 0 saturated heterocycles. The first-order chi connectivity index (χ1) is 14.2. The zero-order valence-corrected chi connectivity index (χ0v) is 17.9. The van der Waals surface area contributed by atoms with Gasteiger partial charge in [0.2, 0.25) is 19.7 Å². The quantitative estimate of drug-likeness (QED) is 0.489. The van der Waals surface area contributed by atoms with Crippen LogP contribution in [0.3, 0.4) is 0 Å². The topological polar surface area (TPSA) is 68.3 Å². The van der Waals surface area contributed by atoms with Crippen molar-refractivity contribution >= 4 is 19.7 Å². The summed E-state index contributed by atoms with van der Waals surface area (Å²) in [6.07, 6.45) is 1.03. The molecule has 0 bridgehead atoms. The van der Waals surface area contributed by atoms with E-state index in [-0.39, 0.29) is 5.56 Å². The Kier molecular flexibility index (Phi) is 5.97. The number of alkyl halides is 1. The standard InChI is InChI=1S/C23H21FO4S2/c1-3-22(19-16-14-18(2)15-17-19)23(24,29(25,26)20-10-6-4-7-11-20)30(27,28)21-12-8-5-9-13-21/h3-17,22H,1H2,2H3/t22-/m0/s1. The summed E-state index contributed by atoms with van der Waals surface area (Å²) in [6.45, 7) is 5.39. The van der Waals surface area contributed by atoms with Gasteiger partial charge in [0, 0.05) is 0 Å². The molecule has 0 heterocycles. The maximum Gasteiger partial charge on any atom is 0.327 e. The molecule has 1 atom stereocenters. The van der Waals surface area contributed by atoms with Crippen LogP contribution in [0.1, 0.15) is 17.0 Å². The molecule has 0 saturated carbocycles. The highest BCUT2D eigenvalue weighted by Crippen LogP contribution is 2.47. The Labute approximate surface area is 176 Å². The molecule has 0 spiro atoms. The van der Waals surface area contributed by atoms with E-state index in [4.69, 9.17) is 0 Å². The summed E-state index contributed by atoms with van der Waals surface area (Å²) in [5.41, 5.74) is 1.06. The minimum Gasteiger partial charge on any atom is -0.219 e. The van der Waals surface area contributed by atoms with Crippen LogP contribution < -0.4 is 0 Å². The Hall–Kier alpha value is -2.77. The molecule has 30 heavy (non-hydrogen) atoms. The summed E-state index contributed by atoms with van der Waals surface area (Å²) in [4.78, 5) is -0.850. The van der Waals surface area contributed by atoms with E-state index in [0.717, 1.165) is 11.6 Å². The van der Waals surface area contributed by atoms with Crippen LogP contribution in [-0.4, -0.2) is 21.2 Å². The van der Waals surface area contributed by atoms with Crippen LogP contribution in [0.5, 0.6) is 0 Å². The molecule has 0 radical (unpaired) electrons. The van der Waals surface area contributed by atoms with Gasteiger partial charge in [-0.15, -0.1) is 6.58 Å². The van der Waals surface area contributed by atoms with Gasteiger partial charge in [0.1, 0.15) is 0 Å². The summed E-state index contributed by atoms with van der Waals surface area (Å²) in [5.74, 6) is -1.66. The number of rotatable bonds is 7. The zero-order valence-electron chi connectivity index (χ0n) is 16.3. The van der Waals surface area contributed by atoms with Crippen LogP contribution in [0.15, 0.2) is 107 Å². The van der Waals surface area contributed by atoms with Crippen LogP contribution in [-0.2, 0) is 19.7 Å². The van der Waals surface area contributed by atoms with Crippen LogP contribution in [0.2, 0.25) is 0 Å². The molecule has 0 unspecified atom stereocenters. The Balaban J connectivity index is 2.37. The second-order valence-electron chi connectivity index (χ2n) is 6.84. The fourth-order valence-electron chi connectivity index (χ4n) is 3.25. The first kappa shape index (κ1) is 21.9. The van der Waals surface area contributed by atoms with E-state index in [1.54, 1.807) is 24.3 Å². The van der Waals surface area contributed by atoms with Crippen molar-refractivity contribution in [2.75, 3.05) is 0 Å². The van der Waals surface area contributed by atoms with E-state index in [1.807, 2.05) is 6.92 Å². The van der Waals surface area contributed by atoms with Gasteiger partial charge in [-0.1, -0.05) is 72.3 Å². The molecular formula is C23H21FO4S2. The highest BCUT2D eigenvalue weighted by atomic mass is 32.3. The number of hydrogen-bond acceptors (Lipinski definition) is 4. The third-order valence-electron chi connectivity index (χ3n) is 4.88. The molecular weight excluding hydrogens is 423 g/mol. The lowest BCUT2D eigenvalue weighted by molar-refractivity contribution is 0.331. The van der Waals surface area contributed by atoms with Crippen molar-refractivity contribution in [3.63, 3.8) is 0 Å².